The average molecular weight is 468 g/mol. The quantitative estimate of drug-likeness (QED) is 0.355. The number of halogens is 1. The van der Waals surface area contributed by atoms with Crippen LogP contribution in [0.25, 0.3) is 0 Å². The van der Waals surface area contributed by atoms with Crippen LogP contribution in [-0.4, -0.2) is 0 Å². The maximum Gasteiger partial charge on any atom is 0.0283 e. The highest BCUT2D eigenvalue weighted by atomic mass is 79.9. The molecule has 0 heterocycles. The first kappa shape index (κ1) is 35.4. The third-order valence-corrected chi connectivity index (χ3v) is 5.66. The van der Waals surface area contributed by atoms with Crippen molar-refractivity contribution in [3.63, 3.8) is 0 Å². The molecule has 0 saturated heterocycles. The Kier molecular flexibility index (Phi) is 24.6. The van der Waals surface area contributed by atoms with Crippen LogP contribution in [0.15, 0.2) is 48.5 Å². The van der Waals surface area contributed by atoms with E-state index in [4.69, 9.17) is 0 Å². The molecule has 0 bridgehead atoms. The lowest BCUT2D eigenvalue weighted by atomic mass is 9.97. The lowest BCUT2D eigenvalue weighted by Crippen LogP contribution is -1.91. The van der Waals surface area contributed by atoms with Crippen LogP contribution < -0.4 is 0 Å². The molecule has 0 spiro atoms. The molecule has 2 aromatic carbocycles. The van der Waals surface area contributed by atoms with Crippen LogP contribution in [0, 0.1) is 0 Å². The van der Waals surface area contributed by atoms with Crippen molar-refractivity contribution in [2.24, 2.45) is 0 Å². The van der Waals surface area contributed by atoms with Gasteiger partial charge in [-0.2, -0.15) is 0 Å². The van der Waals surface area contributed by atoms with E-state index in [1.54, 1.807) is 0 Å². The van der Waals surface area contributed by atoms with Crippen molar-refractivity contribution in [3.05, 3.63) is 70.8 Å². The largest absolute Gasteiger partial charge is 0.0876 e. The number of hydrogen-bond donors (Lipinski definition) is 0. The second kappa shape index (κ2) is 20.2. The van der Waals surface area contributed by atoms with Gasteiger partial charge in [-0.3, -0.25) is 0 Å². The Morgan fingerprint density at radius 2 is 0.966 bits per heavy atom. The van der Waals surface area contributed by atoms with Gasteiger partial charge >= 0.3 is 0 Å². The van der Waals surface area contributed by atoms with Gasteiger partial charge in [0.1, 0.15) is 0 Å². The van der Waals surface area contributed by atoms with Gasteiger partial charge in [-0.15, -0.1) is 0 Å². The van der Waals surface area contributed by atoms with E-state index in [0.29, 0.717) is 11.8 Å². The van der Waals surface area contributed by atoms with Gasteiger partial charge < -0.3 is 0 Å². The van der Waals surface area contributed by atoms with E-state index < -0.39 is 0 Å². The van der Waals surface area contributed by atoms with Gasteiger partial charge in [-0.05, 0) is 53.4 Å². The average Bonchev–Trinajstić information content (AvgIpc) is 2.68. The summed E-state index contributed by atoms with van der Waals surface area (Å²) in [7, 11) is 0. The van der Waals surface area contributed by atoms with E-state index in [2.05, 4.69) is 99.1 Å². The lowest BCUT2D eigenvalue weighted by molar-refractivity contribution is 0.732. The Hall–Kier alpha value is -1.08. The first-order chi connectivity index (χ1) is 12.0. The molecule has 0 nitrogen and oxygen atoms in total. The first-order valence-corrected chi connectivity index (χ1v) is 10.9. The van der Waals surface area contributed by atoms with Crippen LogP contribution in [0.4, 0.5) is 0 Å². The number of rotatable bonds is 7. The van der Waals surface area contributed by atoms with Crippen molar-refractivity contribution in [2.75, 3.05) is 0 Å². The van der Waals surface area contributed by atoms with Gasteiger partial charge in [0.25, 0.3) is 0 Å². The third kappa shape index (κ3) is 13.0. The molecule has 0 saturated carbocycles. The molecule has 2 aromatic rings. The lowest BCUT2D eigenvalue weighted by Gasteiger charge is -2.09. The molecule has 170 valence electrons. The molecule has 0 amide bonds. The molecule has 1 heteroatoms. The van der Waals surface area contributed by atoms with Crippen LogP contribution >= 0.6 is 15.9 Å². The molecule has 29 heavy (non-hydrogen) atoms. The van der Waals surface area contributed by atoms with E-state index >= 15 is 0 Å². The van der Waals surface area contributed by atoms with Gasteiger partial charge in [-0.1, -0.05) is 135 Å². The molecule has 2 rings (SSSR count). The fourth-order valence-corrected chi connectivity index (χ4v) is 3.08. The van der Waals surface area contributed by atoms with Gasteiger partial charge in [0.15, 0.2) is 0 Å². The smallest absolute Gasteiger partial charge is 0.0283 e. The summed E-state index contributed by atoms with van der Waals surface area (Å²) in [6.45, 7) is 11.2. The van der Waals surface area contributed by atoms with Crippen molar-refractivity contribution in [2.45, 2.75) is 107 Å². The number of hydrogen-bond acceptors (Lipinski definition) is 0. The zero-order valence-electron chi connectivity index (χ0n) is 16.7. The van der Waals surface area contributed by atoms with Crippen LogP contribution in [-0.2, 0) is 11.8 Å². The van der Waals surface area contributed by atoms with Crippen LogP contribution in [0.2, 0.25) is 0 Å². The molecule has 0 aromatic heterocycles. The fraction of sp³-hybridized carbons (Fsp3) is 0.571. The standard InChI is InChI=1S/C13H20.C11H15Br.4CH4/c1-4-6-12-7-9-13(10-8-12)11(3)5-2;1-3-9(2)11-6-4-10(8-12)5-7-11;;;;/h7-11H,4-6H2,1-3H3;4-7,9H,3,8H2,1-2H3;4*1H4. The number of aryl methyl sites for hydroxylation is 1. The summed E-state index contributed by atoms with van der Waals surface area (Å²) in [4.78, 5) is 0. The monoisotopic (exact) mass is 466 g/mol. The predicted molar refractivity (Wildman–Crippen MR) is 144 cm³/mol. The number of alkyl halides is 1. The summed E-state index contributed by atoms with van der Waals surface area (Å²) in [6.07, 6.45) is 4.89. The van der Waals surface area contributed by atoms with Crippen LogP contribution in [0.3, 0.4) is 0 Å². The number of benzene rings is 2. The minimum atomic E-state index is 0. The Balaban J connectivity index is -0.000000190. The summed E-state index contributed by atoms with van der Waals surface area (Å²) in [6, 6.07) is 17.9. The van der Waals surface area contributed by atoms with Crippen molar-refractivity contribution < 1.29 is 0 Å². The van der Waals surface area contributed by atoms with E-state index in [9.17, 15) is 0 Å². The van der Waals surface area contributed by atoms with Crippen LogP contribution in [0.5, 0.6) is 0 Å². The summed E-state index contributed by atoms with van der Waals surface area (Å²) in [5, 5.41) is 0.952. The summed E-state index contributed by atoms with van der Waals surface area (Å²) in [5.41, 5.74) is 5.74. The molecular formula is C28H51Br. The van der Waals surface area contributed by atoms with E-state index in [1.165, 1.54) is 47.9 Å². The Morgan fingerprint density at radius 3 is 1.24 bits per heavy atom. The fourth-order valence-electron chi connectivity index (χ4n) is 2.71. The molecule has 2 unspecified atom stereocenters. The second-order valence-electron chi connectivity index (χ2n) is 6.99. The van der Waals surface area contributed by atoms with E-state index in [1.807, 2.05) is 0 Å². The molecule has 0 aliphatic carbocycles. The van der Waals surface area contributed by atoms with E-state index in [0.717, 1.165) is 5.33 Å². The SMILES string of the molecule is C.C.C.C.CCC(C)c1ccc(CBr)cc1.CCCc1ccc(C(C)CC)cc1. The van der Waals surface area contributed by atoms with Crippen molar-refractivity contribution in [1.29, 1.82) is 0 Å². The molecule has 0 N–H and O–H groups in total. The maximum atomic E-state index is 3.44. The van der Waals surface area contributed by atoms with Gasteiger partial charge in [0, 0.05) is 5.33 Å². The van der Waals surface area contributed by atoms with E-state index in [-0.39, 0.29) is 29.7 Å². The first-order valence-electron chi connectivity index (χ1n) is 9.79. The Morgan fingerprint density at radius 1 is 0.621 bits per heavy atom. The molecule has 0 aliphatic heterocycles. The van der Waals surface area contributed by atoms with Crippen LogP contribution in [0.1, 0.15) is 118 Å². The molecule has 0 aliphatic rings. The zero-order chi connectivity index (χ0) is 18.7. The molecule has 0 fully saturated rings. The van der Waals surface area contributed by atoms with Crippen molar-refractivity contribution >= 4 is 15.9 Å². The molecule has 0 radical (unpaired) electrons. The summed E-state index contributed by atoms with van der Waals surface area (Å²) in [5.74, 6) is 1.39. The van der Waals surface area contributed by atoms with Crippen molar-refractivity contribution in [3.8, 4) is 0 Å². The topological polar surface area (TPSA) is 0 Å². The highest BCUT2D eigenvalue weighted by Gasteiger charge is 2.02. The Labute approximate surface area is 193 Å². The van der Waals surface area contributed by atoms with Gasteiger partial charge in [0.2, 0.25) is 0 Å². The van der Waals surface area contributed by atoms with Gasteiger partial charge in [0.05, 0.1) is 0 Å². The third-order valence-electron chi connectivity index (χ3n) is 5.02. The normalized spacial score (nSPS) is 11.1. The maximum absolute atomic E-state index is 3.44. The summed E-state index contributed by atoms with van der Waals surface area (Å²) < 4.78 is 0. The molecule has 2 atom stereocenters. The minimum Gasteiger partial charge on any atom is -0.0876 e. The Bertz CT molecular complexity index is 568. The molecular weight excluding hydrogens is 416 g/mol. The van der Waals surface area contributed by atoms with Gasteiger partial charge in [-0.25, -0.2) is 0 Å². The minimum absolute atomic E-state index is 0. The second-order valence-corrected chi connectivity index (χ2v) is 7.55. The van der Waals surface area contributed by atoms with Crippen molar-refractivity contribution in [1.82, 2.24) is 0 Å². The zero-order valence-corrected chi connectivity index (χ0v) is 18.3. The predicted octanol–water partition coefficient (Wildman–Crippen LogP) is 10.8. The highest BCUT2D eigenvalue weighted by Crippen LogP contribution is 2.20. The highest BCUT2D eigenvalue weighted by molar-refractivity contribution is 9.08. The summed E-state index contributed by atoms with van der Waals surface area (Å²) >= 11 is 3.44.